The fourth-order valence-corrected chi connectivity index (χ4v) is 1.81. The van der Waals surface area contributed by atoms with Crippen LogP contribution in [0.3, 0.4) is 0 Å². The number of H-pyrrole nitrogens is 1. The van der Waals surface area contributed by atoms with Crippen LogP contribution < -0.4 is 11.1 Å². The highest BCUT2D eigenvalue weighted by molar-refractivity contribution is 5.95. The molecular formula is C11H17N3O. The highest BCUT2D eigenvalue weighted by Crippen LogP contribution is 2.32. The average molecular weight is 207 g/mol. The van der Waals surface area contributed by atoms with Crippen LogP contribution in [0.1, 0.15) is 28.9 Å². The number of nitrogens with two attached hydrogens (primary N) is 1. The van der Waals surface area contributed by atoms with Gasteiger partial charge >= 0.3 is 0 Å². The molecule has 4 heteroatoms. The van der Waals surface area contributed by atoms with Gasteiger partial charge in [-0.25, -0.2) is 0 Å². The van der Waals surface area contributed by atoms with Gasteiger partial charge in [-0.3, -0.25) is 4.79 Å². The van der Waals surface area contributed by atoms with Gasteiger partial charge in [0.25, 0.3) is 5.91 Å². The first-order chi connectivity index (χ1) is 7.22. The molecule has 0 aliphatic heterocycles. The Labute approximate surface area is 89.2 Å². The second-order valence-electron chi connectivity index (χ2n) is 4.17. The van der Waals surface area contributed by atoms with E-state index in [0.29, 0.717) is 18.0 Å². The third-order valence-corrected chi connectivity index (χ3v) is 2.96. The summed E-state index contributed by atoms with van der Waals surface area (Å²) in [4.78, 5) is 14.8. The number of aromatic amines is 1. The zero-order valence-corrected chi connectivity index (χ0v) is 8.92. The molecule has 1 atom stereocenters. The molecule has 0 bridgehead atoms. The van der Waals surface area contributed by atoms with Crippen LogP contribution in [0, 0.1) is 12.8 Å². The number of nitrogens with one attached hydrogen (secondary N) is 2. The normalized spacial score (nSPS) is 17.5. The molecule has 1 aliphatic carbocycles. The van der Waals surface area contributed by atoms with Gasteiger partial charge in [-0.15, -0.1) is 0 Å². The van der Waals surface area contributed by atoms with E-state index in [1.54, 1.807) is 12.3 Å². The molecule has 1 heterocycles. The molecule has 0 saturated heterocycles. The van der Waals surface area contributed by atoms with E-state index in [1.165, 1.54) is 12.8 Å². The van der Waals surface area contributed by atoms with Gasteiger partial charge in [0.1, 0.15) is 0 Å². The van der Waals surface area contributed by atoms with Crippen molar-refractivity contribution in [2.45, 2.75) is 25.8 Å². The van der Waals surface area contributed by atoms with Crippen molar-refractivity contribution in [3.05, 3.63) is 23.5 Å². The fraction of sp³-hybridized carbons (Fsp3) is 0.545. The SMILES string of the molecule is Cc1[nH]ccc1C(=O)NC(CN)C1CC1. The van der Waals surface area contributed by atoms with Gasteiger partial charge in [0, 0.05) is 24.5 Å². The van der Waals surface area contributed by atoms with Crippen LogP contribution in [0.15, 0.2) is 12.3 Å². The molecule has 0 aromatic carbocycles. The molecule has 1 unspecified atom stereocenters. The largest absolute Gasteiger partial charge is 0.365 e. The van der Waals surface area contributed by atoms with E-state index in [1.807, 2.05) is 6.92 Å². The van der Waals surface area contributed by atoms with Crippen LogP contribution in [0.2, 0.25) is 0 Å². The minimum Gasteiger partial charge on any atom is -0.365 e. The summed E-state index contributed by atoms with van der Waals surface area (Å²) in [6.07, 6.45) is 4.15. The minimum absolute atomic E-state index is 0.0175. The third kappa shape index (κ3) is 2.21. The Morgan fingerprint density at radius 1 is 1.73 bits per heavy atom. The Morgan fingerprint density at radius 3 is 2.93 bits per heavy atom. The van der Waals surface area contributed by atoms with Crippen molar-refractivity contribution >= 4 is 5.91 Å². The van der Waals surface area contributed by atoms with Crippen LogP contribution in [-0.2, 0) is 0 Å². The first-order valence-corrected chi connectivity index (χ1v) is 5.37. The van der Waals surface area contributed by atoms with Gasteiger partial charge in [-0.1, -0.05) is 0 Å². The lowest BCUT2D eigenvalue weighted by atomic mass is 10.1. The Hall–Kier alpha value is -1.29. The zero-order valence-electron chi connectivity index (χ0n) is 8.92. The van der Waals surface area contributed by atoms with Crippen molar-refractivity contribution in [3.8, 4) is 0 Å². The Bertz CT molecular complexity index is 354. The molecule has 15 heavy (non-hydrogen) atoms. The number of carbonyl (C=O) groups excluding carboxylic acids is 1. The molecule has 4 N–H and O–H groups in total. The number of aryl methyl sites for hydroxylation is 1. The van der Waals surface area contributed by atoms with Crippen LogP contribution in [-0.4, -0.2) is 23.5 Å². The summed E-state index contributed by atoms with van der Waals surface area (Å²) in [6, 6.07) is 1.94. The van der Waals surface area contributed by atoms with Gasteiger partial charge < -0.3 is 16.0 Å². The summed E-state index contributed by atoms with van der Waals surface area (Å²) in [7, 11) is 0. The van der Waals surface area contributed by atoms with Crippen molar-refractivity contribution in [1.29, 1.82) is 0 Å². The molecule has 1 fully saturated rings. The fourth-order valence-electron chi connectivity index (χ4n) is 1.81. The number of hydrogen-bond donors (Lipinski definition) is 3. The molecule has 1 aromatic rings. The molecule has 1 saturated carbocycles. The summed E-state index contributed by atoms with van der Waals surface area (Å²) < 4.78 is 0. The van der Waals surface area contributed by atoms with Gasteiger partial charge in [0.05, 0.1) is 5.56 Å². The summed E-state index contributed by atoms with van der Waals surface area (Å²) >= 11 is 0. The first-order valence-electron chi connectivity index (χ1n) is 5.37. The molecule has 1 aromatic heterocycles. The van der Waals surface area contributed by atoms with Crippen molar-refractivity contribution in [3.63, 3.8) is 0 Å². The van der Waals surface area contributed by atoms with Crippen molar-refractivity contribution < 1.29 is 4.79 Å². The first kappa shape index (κ1) is 10.2. The number of rotatable bonds is 4. The minimum atomic E-state index is -0.0175. The maximum atomic E-state index is 11.8. The van der Waals surface area contributed by atoms with E-state index >= 15 is 0 Å². The third-order valence-electron chi connectivity index (χ3n) is 2.96. The molecule has 0 spiro atoms. The molecule has 0 radical (unpaired) electrons. The molecule has 4 nitrogen and oxygen atoms in total. The summed E-state index contributed by atoms with van der Waals surface area (Å²) in [5, 5.41) is 2.99. The predicted octanol–water partition coefficient (Wildman–Crippen LogP) is 0.790. The highest BCUT2D eigenvalue weighted by Gasteiger charge is 2.31. The van der Waals surface area contributed by atoms with E-state index in [2.05, 4.69) is 10.3 Å². The van der Waals surface area contributed by atoms with E-state index < -0.39 is 0 Å². The summed E-state index contributed by atoms with van der Waals surface area (Å²) in [5.74, 6) is 0.578. The smallest absolute Gasteiger partial charge is 0.253 e. The van der Waals surface area contributed by atoms with Crippen LogP contribution >= 0.6 is 0 Å². The monoisotopic (exact) mass is 207 g/mol. The predicted molar refractivity (Wildman–Crippen MR) is 58.6 cm³/mol. The maximum absolute atomic E-state index is 11.8. The zero-order chi connectivity index (χ0) is 10.8. The Balaban J connectivity index is 1.99. The second-order valence-corrected chi connectivity index (χ2v) is 4.17. The molecule has 82 valence electrons. The highest BCUT2D eigenvalue weighted by atomic mass is 16.1. The lowest BCUT2D eigenvalue weighted by molar-refractivity contribution is 0.0933. The Kier molecular flexibility index (Phi) is 2.77. The quantitative estimate of drug-likeness (QED) is 0.683. The average Bonchev–Trinajstić information content (AvgIpc) is 2.97. The number of hydrogen-bond acceptors (Lipinski definition) is 2. The van der Waals surface area contributed by atoms with Gasteiger partial charge in [-0.05, 0) is 31.7 Å². The Morgan fingerprint density at radius 2 is 2.47 bits per heavy atom. The van der Waals surface area contributed by atoms with Crippen LogP contribution in [0.25, 0.3) is 0 Å². The standard InChI is InChI=1S/C11H17N3O/c1-7-9(4-5-13-7)11(15)14-10(6-12)8-2-3-8/h4-5,8,10,13H,2-3,6,12H2,1H3,(H,14,15). The maximum Gasteiger partial charge on any atom is 0.253 e. The van der Waals surface area contributed by atoms with Crippen molar-refractivity contribution in [2.75, 3.05) is 6.54 Å². The van der Waals surface area contributed by atoms with E-state index in [4.69, 9.17) is 5.73 Å². The number of carbonyl (C=O) groups is 1. The summed E-state index contributed by atoms with van der Waals surface area (Å²) in [6.45, 7) is 2.42. The molecular weight excluding hydrogens is 190 g/mol. The van der Waals surface area contributed by atoms with E-state index in [0.717, 1.165) is 5.69 Å². The van der Waals surface area contributed by atoms with Crippen LogP contribution in [0.5, 0.6) is 0 Å². The molecule has 2 rings (SSSR count). The van der Waals surface area contributed by atoms with Gasteiger partial charge in [0.15, 0.2) is 0 Å². The topological polar surface area (TPSA) is 70.9 Å². The van der Waals surface area contributed by atoms with Crippen molar-refractivity contribution in [2.24, 2.45) is 11.7 Å². The summed E-state index contributed by atoms with van der Waals surface area (Å²) in [5.41, 5.74) is 7.25. The number of amides is 1. The van der Waals surface area contributed by atoms with Gasteiger partial charge in [-0.2, -0.15) is 0 Å². The lowest BCUT2D eigenvalue weighted by Crippen LogP contribution is -2.41. The van der Waals surface area contributed by atoms with Gasteiger partial charge in [0.2, 0.25) is 0 Å². The van der Waals surface area contributed by atoms with E-state index in [-0.39, 0.29) is 11.9 Å². The molecule has 1 amide bonds. The van der Waals surface area contributed by atoms with E-state index in [9.17, 15) is 4.79 Å². The molecule has 1 aliphatic rings. The second kappa shape index (κ2) is 4.06. The lowest BCUT2D eigenvalue weighted by Gasteiger charge is -2.15. The van der Waals surface area contributed by atoms with Crippen molar-refractivity contribution in [1.82, 2.24) is 10.3 Å². The van der Waals surface area contributed by atoms with Crippen LogP contribution in [0.4, 0.5) is 0 Å². The number of aromatic nitrogens is 1.